The number of ether oxygens (including phenoxy) is 1. The number of para-hydroxylation sites is 1. The van der Waals surface area contributed by atoms with Crippen LogP contribution >= 0.6 is 0 Å². The second-order valence-electron chi connectivity index (χ2n) is 5.22. The first-order valence-corrected chi connectivity index (χ1v) is 8.87. The van der Waals surface area contributed by atoms with E-state index >= 15 is 0 Å². The molecule has 0 heterocycles. The number of benzene rings is 3. The molecule has 0 saturated carbocycles. The Balaban J connectivity index is 1.87. The normalized spacial score (nSPS) is 10.8. The molecule has 1 N–H and O–H groups in total. The van der Waals surface area contributed by atoms with Crippen molar-refractivity contribution >= 4 is 9.84 Å². The molecule has 0 fully saturated rings. The highest BCUT2D eigenvalue weighted by Gasteiger charge is 2.20. The van der Waals surface area contributed by atoms with Gasteiger partial charge < -0.3 is 9.84 Å². The van der Waals surface area contributed by atoms with Crippen LogP contribution in [0.25, 0.3) is 0 Å². The zero-order chi connectivity index (χ0) is 17.9. The molecule has 25 heavy (non-hydrogen) atoms. The number of hydrogen-bond donors (Lipinski definition) is 1. The number of terminal acetylenes is 1. The fourth-order valence-corrected chi connectivity index (χ4v) is 3.63. The molecule has 4 nitrogen and oxygen atoms in total. The van der Waals surface area contributed by atoms with Crippen LogP contribution in [0.15, 0.2) is 82.6 Å². The lowest BCUT2D eigenvalue weighted by Gasteiger charge is -2.09. The summed E-state index contributed by atoms with van der Waals surface area (Å²) in [6.07, 6.45) is 5.35. The summed E-state index contributed by atoms with van der Waals surface area (Å²) in [5, 5.41) is 9.79. The number of sulfone groups is 1. The Morgan fingerprint density at radius 3 is 2.28 bits per heavy atom. The largest absolute Gasteiger partial charge is 0.507 e. The number of phenolic OH excluding ortho intramolecular Hbond substituents is 1. The van der Waals surface area contributed by atoms with Gasteiger partial charge in [0.05, 0.1) is 4.90 Å². The van der Waals surface area contributed by atoms with Crippen molar-refractivity contribution in [1.82, 2.24) is 0 Å². The van der Waals surface area contributed by atoms with Crippen LogP contribution in [0.5, 0.6) is 17.2 Å². The molecule has 0 aliphatic heterocycles. The van der Waals surface area contributed by atoms with E-state index in [4.69, 9.17) is 11.2 Å². The van der Waals surface area contributed by atoms with Gasteiger partial charge in [0.1, 0.15) is 22.1 Å². The van der Waals surface area contributed by atoms with Gasteiger partial charge in [0.2, 0.25) is 9.84 Å². The van der Waals surface area contributed by atoms with E-state index < -0.39 is 9.84 Å². The summed E-state index contributed by atoms with van der Waals surface area (Å²) in [5.74, 6) is 3.28. The van der Waals surface area contributed by atoms with Crippen molar-refractivity contribution in [3.8, 4) is 29.6 Å². The van der Waals surface area contributed by atoms with Gasteiger partial charge in [-0.25, -0.2) is 8.42 Å². The van der Waals surface area contributed by atoms with Crippen molar-refractivity contribution in [2.24, 2.45) is 0 Å². The molecule has 3 aromatic carbocycles. The maximum Gasteiger partial charge on any atom is 0.210 e. The Labute approximate surface area is 146 Å². The van der Waals surface area contributed by atoms with Crippen molar-refractivity contribution < 1.29 is 18.3 Å². The smallest absolute Gasteiger partial charge is 0.210 e. The van der Waals surface area contributed by atoms with Gasteiger partial charge in [-0.15, -0.1) is 6.42 Å². The van der Waals surface area contributed by atoms with E-state index in [2.05, 4.69) is 5.92 Å². The van der Waals surface area contributed by atoms with E-state index in [1.807, 2.05) is 0 Å². The maximum absolute atomic E-state index is 12.6. The number of hydrogen-bond acceptors (Lipinski definition) is 4. The lowest BCUT2D eigenvalue weighted by Crippen LogP contribution is -2.02. The highest BCUT2D eigenvalue weighted by Crippen LogP contribution is 2.30. The Morgan fingerprint density at radius 2 is 1.60 bits per heavy atom. The summed E-state index contributed by atoms with van der Waals surface area (Å²) >= 11 is 0. The van der Waals surface area contributed by atoms with Crippen molar-refractivity contribution in [1.29, 1.82) is 0 Å². The van der Waals surface area contributed by atoms with Crippen LogP contribution in [0.3, 0.4) is 0 Å². The molecular formula is C20H14O4S. The zero-order valence-corrected chi connectivity index (χ0v) is 13.9. The number of phenols is 1. The van der Waals surface area contributed by atoms with Gasteiger partial charge in [0.15, 0.2) is 0 Å². The van der Waals surface area contributed by atoms with Gasteiger partial charge in [0.25, 0.3) is 0 Å². The number of rotatable bonds is 4. The lowest BCUT2D eigenvalue weighted by molar-refractivity contribution is 0.459. The topological polar surface area (TPSA) is 63.6 Å². The highest BCUT2D eigenvalue weighted by atomic mass is 32.2. The Kier molecular flexibility index (Phi) is 4.46. The molecule has 0 aromatic heterocycles. The first-order valence-electron chi connectivity index (χ1n) is 7.38. The van der Waals surface area contributed by atoms with E-state index in [9.17, 15) is 13.5 Å². The molecule has 0 aliphatic carbocycles. The molecule has 0 atom stereocenters. The van der Waals surface area contributed by atoms with Gasteiger partial charge in [-0.05, 0) is 54.6 Å². The summed E-state index contributed by atoms with van der Waals surface area (Å²) in [6.45, 7) is 0. The summed E-state index contributed by atoms with van der Waals surface area (Å²) in [6, 6.07) is 18.8. The minimum atomic E-state index is -3.80. The predicted octanol–water partition coefficient (Wildman–Crippen LogP) is 4.00. The zero-order valence-electron chi connectivity index (χ0n) is 13.1. The summed E-state index contributed by atoms with van der Waals surface area (Å²) in [5.41, 5.74) is 0.691. The molecule has 0 spiro atoms. The molecule has 3 aromatic rings. The molecule has 3 rings (SSSR count). The maximum atomic E-state index is 12.6. The Hall–Kier alpha value is -3.23. The molecule has 0 amide bonds. The highest BCUT2D eigenvalue weighted by molar-refractivity contribution is 7.91. The van der Waals surface area contributed by atoms with E-state index in [1.165, 1.54) is 24.3 Å². The van der Waals surface area contributed by atoms with Crippen molar-refractivity contribution in [2.45, 2.75) is 9.79 Å². The molecule has 0 unspecified atom stereocenters. The second kappa shape index (κ2) is 6.71. The van der Waals surface area contributed by atoms with Crippen LogP contribution < -0.4 is 4.74 Å². The van der Waals surface area contributed by atoms with Crippen molar-refractivity contribution in [3.63, 3.8) is 0 Å². The first-order chi connectivity index (χ1) is 12.0. The Morgan fingerprint density at radius 1 is 0.880 bits per heavy atom. The van der Waals surface area contributed by atoms with Gasteiger partial charge >= 0.3 is 0 Å². The van der Waals surface area contributed by atoms with Crippen LogP contribution in [-0.4, -0.2) is 13.5 Å². The third-order valence-electron chi connectivity index (χ3n) is 3.53. The quantitative estimate of drug-likeness (QED) is 0.723. The second-order valence-corrected chi connectivity index (χ2v) is 7.13. The number of aromatic hydroxyl groups is 1. The molecule has 0 bridgehead atoms. The van der Waals surface area contributed by atoms with E-state index in [0.717, 1.165) is 0 Å². The summed E-state index contributed by atoms with van der Waals surface area (Å²) in [7, 11) is -3.80. The van der Waals surface area contributed by atoms with E-state index in [1.54, 1.807) is 48.5 Å². The van der Waals surface area contributed by atoms with Gasteiger partial charge in [-0.2, -0.15) is 0 Å². The van der Waals surface area contributed by atoms with E-state index in [0.29, 0.717) is 17.1 Å². The van der Waals surface area contributed by atoms with Gasteiger partial charge in [-0.1, -0.05) is 24.1 Å². The molecule has 0 radical (unpaired) electrons. The van der Waals surface area contributed by atoms with Crippen molar-refractivity contribution in [2.75, 3.05) is 0 Å². The average molecular weight is 350 g/mol. The molecular weight excluding hydrogens is 336 g/mol. The van der Waals surface area contributed by atoms with Crippen LogP contribution in [0.4, 0.5) is 0 Å². The lowest BCUT2D eigenvalue weighted by atomic mass is 10.2. The minimum Gasteiger partial charge on any atom is -0.507 e. The van der Waals surface area contributed by atoms with Gasteiger partial charge in [-0.3, -0.25) is 0 Å². The fraction of sp³-hybridized carbons (Fsp3) is 0. The third-order valence-corrected chi connectivity index (χ3v) is 5.34. The van der Waals surface area contributed by atoms with E-state index in [-0.39, 0.29) is 15.5 Å². The molecule has 5 heteroatoms. The average Bonchev–Trinajstić information content (AvgIpc) is 2.62. The van der Waals surface area contributed by atoms with Crippen molar-refractivity contribution in [3.05, 3.63) is 78.4 Å². The molecule has 124 valence electrons. The predicted molar refractivity (Wildman–Crippen MR) is 94.5 cm³/mol. The fourth-order valence-electron chi connectivity index (χ4n) is 2.28. The summed E-state index contributed by atoms with van der Waals surface area (Å²) in [4.78, 5) is -0.0656. The third kappa shape index (κ3) is 3.49. The SMILES string of the molecule is C#Cc1cccc(Oc2ccc(S(=O)(=O)c3ccccc3O)cc2)c1. The summed E-state index contributed by atoms with van der Waals surface area (Å²) < 4.78 is 30.8. The first kappa shape index (κ1) is 16.6. The monoisotopic (exact) mass is 350 g/mol. The van der Waals surface area contributed by atoms with Crippen LogP contribution in [0.2, 0.25) is 0 Å². The van der Waals surface area contributed by atoms with Crippen LogP contribution in [-0.2, 0) is 9.84 Å². The molecule has 0 aliphatic rings. The minimum absolute atomic E-state index is 0.0683. The van der Waals surface area contributed by atoms with Gasteiger partial charge in [0, 0.05) is 5.56 Å². The van der Waals surface area contributed by atoms with Crippen LogP contribution in [0, 0.1) is 12.3 Å². The van der Waals surface area contributed by atoms with Crippen LogP contribution in [0.1, 0.15) is 5.56 Å². The Bertz CT molecular complexity index is 1050. The molecule has 0 saturated heterocycles. The standard InChI is InChI=1S/C20H14O4S/c1-2-15-6-5-7-17(14-15)24-16-10-12-18(13-11-16)25(22,23)20-9-4-3-8-19(20)21/h1,3-14,21H.